The van der Waals surface area contributed by atoms with Crippen LogP contribution >= 0.6 is 0 Å². The van der Waals surface area contributed by atoms with Gasteiger partial charge in [-0.1, -0.05) is 6.07 Å². The van der Waals surface area contributed by atoms with Crippen molar-refractivity contribution in [3.05, 3.63) is 64.9 Å². The number of fused-ring (bicyclic) bond motifs is 1. The summed E-state index contributed by atoms with van der Waals surface area (Å²) in [5.74, 6) is 4.30. The van der Waals surface area contributed by atoms with Crippen molar-refractivity contribution >= 4 is 11.9 Å². The van der Waals surface area contributed by atoms with E-state index < -0.39 is 5.82 Å². The van der Waals surface area contributed by atoms with Gasteiger partial charge < -0.3 is 23.7 Å². The number of anilines is 1. The Kier molecular flexibility index (Phi) is 8.18. The maximum Gasteiger partial charge on any atom is 0.227 e. The van der Waals surface area contributed by atoms with Crippen LogP contribution in [-0.4, -0.2) is 59.1 Å². The number of aromatic nitrogens is 3. The summed E-state index contributed by atoms with van der Waals surface area (Å²) in [4.78, 5) is 30.2. The fourth-order valence-corrected chi connectivity index (χ4v) is 6.36. The summed E-state index contributed by atoms with van der Waals surface area (Å²) in [7, 11) is 1.67. The molecule has 0 bridgehead atoms. The van der Waals surface area contributed by atoms with Crippen molar-refractivity contribution in [1.29, 1.82) is 0 Å². The van der Waals surface area contributed by atoms with Gasteiger partial charge in [-0.2, -0.15) is 0 Å². The molecular formula is C31H38FN5O4. The molecule has 0 unspecified atom stereocenters. The van der Waals surface area contributed by atoms with Gasteiger partial charge in [0.2, 0.25) is 11.9 Å². The second kappa shape index (κ2) is 12.1. The summed E-state index contributed by atoms with van der Waals surface area (Å²) in [5.41, 5.74) is 2.28. The lowest BCUT2D eigenvalue weighted by Crippen LogP contribution is -2.36. The number of ether oxygens (including phenoxy) is 2. The number of methoxy groups -OCH3 is 1. The molecule has 218 valence electrons. The Labute approximate surface area is 240 Å². The highest BCUT2D eigenvalue weighted by atomic mass is 19.1. The molecule has 9 nitrogen and oxygen atoms in total. The third-order valence-electron chi connectivity index (χ3n) is 8.72. The SMILES string of the molecule is COCc1cnc(N2CCC([C@H]3C[C@H]3CCOc3ccc(CC(=O)N4CCc5nc(C)oc5C4)c(F)c3)CC2)nc1. The number of nitrogens with zero attached hydrogens (tertiary/aromatic N) is 5. The smallest absolute Gasteiger partial charge is 0.227 e. The van der Waals surface area contributed by atoms with Crippen LogP contribution in [-0.2, 0) is 35.5 Å². The van der Waals surface area contributed by atoms with E-state index in [9.17, 15) is 9.18 Å². The molecule has 0 radical (unpaired) electrons. The molecule has 3 aromatic rings. The fraction of sp³-hybridized carbons (Fsp3) is 0.548. The van der Waals surface area contributed by atoms with E-state index in [1.54, 1.807) is 31.1 Å². The highest BCUT2D eigenvalue weighted by Crippen LogP contribution is 2.49. The Bertz CT molecular complexity index is 1360. The maximum atomic E-state index is 14.8. The number of carbonyl (C=O) groups is 1. The molecule has 1 saturated carbocycles. The molecule has 4 heterocycles. The number of amides is 1. The van der Waals surface area contributed by atoms with E-state index in [1.165, 1.54) is 12.5 Å². The van der Waals surface area contributed by atoms with Crippen LogP contribution in [0.5, 0.6) is 5.75 Å². The lowest BCUT2D eigenvalue weighted by atomic mass is 9.90. The molecule has 6 rings (SSSR count). The van der Waals surface area contributed by atoms with E-state index in [0.29, 0.717) is 55.8 Å². The first kappa shape index (κ1) is 27.6. The van der Waals surface area contributed by atoms with E-state index in [1.807, 2.05) is 12.4 Å². The Morgan fingerprint density at radius 1 is 1.17 bits per heavy atom. The van der Waals surface area contributed by atoms with Crippen LogP contribution in [0.25, 0.3) is 0 Å². The summed E-state index contributed by atoms with van der Waals surface area (Å²) < 4.78 is 31.5. The monoisotopic (exact) mass is 563 g/mol. The van der Waals surface area contributed by atoms with Gasteiger partial charge in [-0.05, 0) is 55.1 Å². The van der Waals surface area contributed by atoms with Gasteiger partial charge >= 0.3 is 0 Å². The molecule has 2 atom stereocenters. The predicted molar refractivity (Wildman–Crippen MR) is 150 cm³/mol. The number of hydrogen-bond acceptors (Lipinski definition) is 8. The number of hydrogen-bond donors (Lipinski definition) is 0. The van der Waals surface area contributed by atoms with Gasteiger partial charge in [0.1, 0.15) is 17.3 Å². The number of benzene rings is 1. The maximum absolute atomic E-state index is 14.8. The molecular weight excluding hydrogens is 525 g/mol. The third kappa shape index (κ3) is 6.53. The summed E-state index contributed by atoms with van der Waals surface area (Å²) in [6.45, 7) is 5.84. The van der Waals surface area contributed by atoms with Gasteiger partial charge in [0, 0.05) is 64.1 Å². The van der Waals surface area contributed by atoms with Crippen LogP contribution in [0.15, 0.2) is 35.0 Å². The van der Waals surface area contributed by atoms with Gasteiger partial charge in [-0.3, -0.25) is 4.79 Å². The Balaban J connectivity index is 0.911. The van der Waals surface area contributed by atoms with E-state index in [2.05, 4.69) is 19.9 Å². The quantitative estimate of drug-likeness (QED) is 0.356. The minimum Gasteiger partial charge on any atom is -0.493 e. The van der Waals surface area contributed by atoms with Gasteiger partial charge in [0.05, 0.1) is 31.9 Å². The first-order valence-electron chi connectivity index (χ1n) is 14.7. The molecule has 10 heteroatoms. The molecule has 1 aromatic carbocycles. The van der Waals surface area contributed by atoms with Crippen LogP contribution in [0, 0.1) is 30.5 Å². The molecule has 3 aliphatic rings. The van der Waals surface area contributed by atoms with E-state index in [-0.39, 0.29) is 12.3 Å². The molecule has 1 aliphatic carbocycles. The van der Waals surface area contributed by atoms with Crippen molar-refractivity contribution in [3.63, 3.8) is 0 Å². The zero-order chi connectivity index (χ0) is 28.3. The molecule has 2 aromatic heterocycles. The van der Waals surface area contributed by atoms with E-state index in [0.717, 1.165) is 67.2 Å². The van der Waals surface area contributed by atoms with E-state index in [4.69, 9.17) is 13.9 Å². The first-order chi connectivity index (χ1) is 20.0. The Hall–Kier alpha value is -3.53. The summed E-state index contributed by atoms with van der Waals surface area (Å²) in [5, 5.41) is 0. The highest BCUT2D eigenvalue weighted by molar-refractivity contribution is 5.79. The normalized spacial score (nSPS) is 20.7. The van der Waals surface area contributed by atoms with Gasteiger partial charge in [-0.15, -0.1) is 0 Å². The number of aryl methyl sites for hydroxylation is 1. The number of rotatable bonds is 10. The number of oxazole rings is 1. The summed E-state index contributed by atoms with van der Waals surface area (Å²) in [6, 6.07) is 4.84. The third-order valence-corrected chi connectivity index (χ3v) is 8.72. The van der Waals surface area contributed by atoms with Gasteiger partial charge in [0.15, 0.2) is 5.89 Å². The van der Waals surface area contributed by atoms with Crippen LogP contribution in [0.4, 0.5) is 10.3 Å². The van der Waals surface area contributed by atoms with Crippen LogP contribution < -0.4 is 9.64 Å². The second-order valence-corrected chi connectivity index (χ2v) is 11.5. The van der Waals surface area contributed by atoms with Crippen molar-refractivity contribution in [1.82, 2.24) is 19.9 Å². The van der Waals surface area contributed by atoms with Crippen molar-refractivity contribution in [2.75, 3.05) is 38.3 Å². The topological polar surface area (TPSA) is 93.8 Å². The molecule has 2 fully saturated rings. The average Bonchev–Trinajstić information content (AvgIpc) is 3.65. The molecule has 0 spiro atoms. The average molecular weight is 564 g/mol. The van der Waals surface area contributed by atoms with Crippen LogP contribution in [0.1, 0.15) is 54.2 Å². The molecule has 0 N–H and O–H groups in total. The predicted octanol–water partition coefficient (Wildman–Crippen LogP) is 4.51. The summed E-state index contributed by atoms with van der Waals surface area (Å²) in [6.07, 6.45) is 8.92. The lowest BCUT2D eigenvalue weighted by molar-refractivity contribution is -0.131. The first-order valence-corrected chi connectivity index (χ1v) is 14.7. The zero-order valence-electron chi connectivity index (χ0n) is 23.9. The van der Waals surface area contributed by atoms with Gasteiger partial charge in [-0.25, -0.2) is 19.3 Å². The largest absolute Gasteiger partial charge is 0.493 e. The Morgan fingerprint density at radius 2 is 1.98 bits per heavy atom. The molecule has 1 amide bonds. The molecule has 41 heavy (non-hydrogen) atoms. The number of halogens is 1. The zero-order valence-corrected chi connectivity index (χ0v) is 23.9. The van der Waals surface area contributed by atoms with E-state index >= 15 is 0 Å². The lowest BCUT2D eigenvalue weighted by Gasteiger charge is -2.32. The number of piperidine rings is 1. The minimum absolute atomic E-state index is 0.0163. The van der Waals surface area contributed by atoms with Crippen LogP contribution in [0.3, 0.4) is 0 Å². The van der Waals surface area contributed by atoms with Crippen molar-refractivity contribution in [2.24, 2.45) is 17.8 Å². The van der Waals surface area contributed by atoms with Gasteiger partial charge in [0.25, 0.3) is 0 Å². The molecule has 1 saturated heterocycles. The fourth-order valence-electron chi connectivity index (χ4n) is 6.36. The van der Waals surface area contributed by atoms with Crippen molar-refractivity contribution in [3.8, 4) is 5.75 Å². The number of carbonyl (C=O) groups excluding carboxylic acids is 1. The van der Waals surface area contributed by atoms with Crippen molar-refractivity contribution < 1.29 is 23.1 Å². The minimum atomic E-state index is -0.405. The Morgan fingerprint density at radius 3 is 2.73 bits per heavy atom. The standard InChI is InChI=1S/C31H38FN5O4/c1-20-35-28-7-11-37(18-29(28)41-20)30(38)14-24-3-4-25(15-27(24)32)40-12-8-23-13-26(23)22-5-9-36(10-6-22)31-33-16-21(17-34-31)19-39-2/h3-4,15-17,22-23,26H,5-14,18-19H2,1-2H3/t23-,26-/m1/s1. The molecule has 2 aliphatic heterocycles. The van der Waals surface area contributed by atoms with Crippen LogP contribution in [0.2, 0.25) is 0 Å². The second-order valence-electron chi connectivity index (χ2n) is 11.5. The highest BCUT2D eigenvalue weighted by Gasteiger charge is 2.43. The van der Waals surface area contributed by atoms with Crippen molar-refractivity contribution in [2.45, 2.75) is 58.6 Å². The summed E-state index contributed by atoms with van der Waals surface area (Å²) >= 11 is 0.